The predicted octanol–water partition coefficient (Wildman–Crippen LogP) is 9.01. The fourth-order valence-electron chi connectivity index (χ4n) is 8.87. The van der Waals surface area contributed by atoms with Gasteiger partial charge in [0, 0.05) is 46.0 Å². The van der Waals surface area contributed by atoms with Gasteiger partial charge in [0.1, 0.15) is 22.6 Å². The van der Waals surface area contributed by atoms with E-state index in [1.54, 1.807) is 0 Å². The van der Waals surface area contributed by atoms with Crippen LogP contribution in [0.3, 0.4) is 0 Å². The third-order valence-corrected chi connectivity index (χ3v) is 16.1. The molecule has 4 heterocycles. The van der Waals surface area contributed by atoms with Crippen molar-refractivity contribution in [1.29, 1.82) is 0 Å². The van der Waals surface area contributed by atoms with Crippen LogP contribution in [0.1, 0.15) is 0 Å². The molecular weight excluding hydrogens is 689 g/mol. The van der Waals surface area contributed by atoms with Crippen molar-refractivity contribution in [2.45, 2.75) is 0 Å². The number of benzene rings is 7. The molecule has 55 heavy (non-hydrogen) atoms. The Hall–Kier alpha value is -7.02. The van der Waals surface area contributed by atoms with Crippen LogP contribution < -0.4 is 20.7 Å². The SMILES string of the molecule is Cn1c(-c2cccc([Si](c3ccccc3)(c3ccccc3)c3cccc(-n4c5cc6c(cc5c5cccnc54)oc4ccccc46)c3)c2)nc2ccccc21. The Kier molecular flexibility index (Phi) is 7.02. The highest BCUT2D eigenvalue weighted by Crippen LogP contribution is 2.37. The van der Waals surface area contributed by atoms with Crippen molar-refractivity contribution >= 4 is 83.7 Å². The fourth-order valence-corrected chi connectivity index (χ4v) is 13.7. The minimum atomic E-state index is -2.95. The first-order valence-electron chi connectivity index (χ1n) is 18.6. The van der Waals surface area contributed by atoms with Gasteiger partial charge in [0.2, 0.25) is 0 Å². The molecule has 6 heteroatoms. The molecule has 0 N–H and O–H groups in total. The first kappa shape index (κ1) is 31.5. The van der Waals surface area contributed by atoms with Crippen molar-refractivity contribution in [3.63, 3.8) is 0 Å². The van der Waals surface area contributed by atoms with Gasteiger partial charge in [0.05, 0.1) is 16.6 Å². The number of furan rings is 1. The molecule has 4 aromatic heterocycles. The van der Waals surface area contributed by atoms with E-state index < -0.39 is 8.07 Å². The number of fused-ring (bicyclic) bond motifs is 7. The van der Waals surface area contributed by atoms with Crippen LogP contribution in [-0.4, -0.2) is 27.2 Å². The summed E-state index contributed by atoms with van der Waals surface area (Å²) in [5.74, 6) is 0.954. The third-order valence-electron chi connectivity index (χ3n) is 11.3. The maximum Gasteiger partial charge on any atom is 0.179 e. The molecule has 0 bridgehead atoms. The summed E-state index contributed by atoms with van der Waals surface area (Å²) in [5, 5.41) is 9.61. The van der Waals surface area contributed by atoms with Gasteiger partial charge in [0.15, 0.2) is 8.07 Å². The molecule has 0 saturated heterocycles. The number of para-hydroxylation sites is 3. The third kappa shape index (κ3) is 4.71. The Balaban J connectivity index is 1.20. The zero-order chi connectivity index (χ0) is 36.5. The van der Waals surface area contributed by atoms with E-state index in [2.05, 4.69) is 180 Å². The lowest BCUT2D eigenvalue weighted by Gasteiger charge is -2.35. The van der Waals surface area contributed by atoms with Gasteiger partial charge in [0.25, 0.3) is 0 Å². The number of rotatable bonds is 6. The number of aryl methyl sites for hydroxylation is 1. The standard InChI is InChI=1S/C49H34N4OSi/c1-52-44-26-10-9-25-43(44)51-48(52)33-15-12-21-37(29-33)55(35-17-4-2-5-18-35,36-19-6-3-7-20-36)38-22-13-16-34(30-38)53-45-31-42-39-23-8-11-27-46(39)54-47(42)32-41(45)40-24-14-28-50-49(40)53/h2-32H,1H3. The van der Waals surface area contributed by atoms with E-state index >= 15 is 0 Å². The smallest absolute Gasteiger partial charge is 0.179 e. The average molecular weight is 723 g/mol. The van der Waals surface area contributed by atoms with E-state index in [1.165, 1.54) is 20.7 Å². The van der Waals surface area contributed by atoms with E-state index in [0.717, 1.165) is 72.0 Å². The van der Waals surface area contributed by atoms with Gasteiger partial charge in [-0.2, -0.15) is 0 Å². The van der Waals surface area contributed by atoms with Crippen molar-refractivity contribution in [2.75, 3.05) is 0 Å². The Bertz CT molecular complexity index is 3190. The minimum absolute atomic E-state index is 0.880. The number of pyridine rings is 1. The van der Waals surface area contributed by atoms with Crippen LogP contribution in [-0.2, 0) is 7.05 Å². The summed E-state index contributed by atoms with van der Waals surface area (Å²) in [6, 6.07) is 65.8. The van der Waals surface area contributed by atoms with Crippen molar-refractivity contribution in [3.05, 3.63) is 188 Å². The highest BCUT2D eigenvalue weighted by molar-refractivity contribution is 7.20. The van der Waals surface area contributed by atoms with Crippen LogP contribution in [0.4, 0.5) is 0 Å². The molecule has 0 aliphatic rings. The molecule has 0 amide bonds. The molecule has 0 aliphatic carbocycles. The van der Waals surface area contributed by atoms with Gasteiger partial charge in [-0.1, -0.05) is 127 Å². The monoisotopic (exact) mass is 722 g/mol. The van der Waals surface area contributed by atoms with Gasteiger partial charge >= 0.3 is 0 Å². The first-order valence-corrected chi connectivity index (χ1v) is 20.6. The lowest BCUT2D eigenvalue weighted by molar-refractivity contribution is 0.669. The summed E-state index contributed by atoms with van der Waals surface area (Å²) in [6.45, 7) is 0. The summed E-state index contributed by atoms with van der Waals surface area (Å²) >= 11 is 0. The normalized spacial score (nSPS) is 12.1. The number of imidazole rings is 1. The Morgan fingerprint density at radius 1 is 0.491 bits per heavy atom. The minimum Gasteiger partial charge on any atom is -0.456 e. The maximum absolute atomic E-state index is 6.37. The van der Waals surface area contributed by atoms with Crippen molar-refractivity contribution < 1.29 is 4.42 Å². The van der Waals surface area contributed by atoms with E-state index in [0.29, 0.717) is 0 Å². The van der Waals surface area contributed by atoms with Gasteiger partial charge in [-0.25, -0.2) is 9.97 Å². The molecule has 0 radical (unpaired) electrons. The van der Waals surface area contributed by atoms with Crippen LogP contribution >= 0.6 is 0 Å². The molecule has 260 valence electrons. The van der Waals surface area contributed by atoms with Crippen LogP contribution in [0, 0.1) is 0 Å². The summed E-state index contributed by atoms with van der Waals surface area (Å²) < 4.78 is 10.9. The molecule has 0 saturated carbocycles. The number of aromatic nitrogens is 4. The highest BCUT2D eigenvalue weighted by Gasteiger charge is 2.42. The van der Waals surface area contributed by atoms with Crippen LogP contribution in [0.25, 0.3) is 72.0 Å². The van der Waals surface area contributed by atoms with E-state index in [9.17, 15) is 0 Å². The molecule has 0 fully saturated rings. The fraction of sp³-hybridized carbons (Fsp3) is 0.0204. The second-order valence-electron chi connectivity index (χ2n) is 14.3. The zero-order valence-electron chi connectivity index (χ0n) is 30.1. The van der Waals surface area contributed by atoms with Gasteiger partial charge in [-0.05, 0) is 75.3 Å². The highest BCUT2D eigenvalue weighted by atomic mass is 28.3. The molecule has 0 spiro atoms. The molecule has 11 rings (SSSR count). The van der Waals surface area contributed by atoms with Crippen LogP contribution in [0.5, 0.6) is 0 Å². The molecule has 5 nitrogen and oxygen atoms in total. The second kappa shape index (κ2) is 12.3. The van der Waals surface area contributed by atoms with Gasteiger partial charge in [-0.15, -0.1) is 0 Å². The summed E-state index contributed by atoms with van der Waals surface area (Å²) in [6.07, 6.45) is 1.89. The lowest BCUT2D eigenvalue weighted by atomic mass is 10.1. The molecule has 7 aromatic carbocycles. The molecule has 11 aromatic rings. The van der Waals surface area contributed by atoms with E-state index in [1.807, 2.05) is 24.4 Å². The molecule has 0 atom stereocenters. The van der Waals surface area contributed by atoms with E-state index in [-0.39, 0.29) is 0 Å². The molecule has 0 unspecified atom stereocenters. The Morgan fingerprint density at radius 2 is 1.16 bits per heavy atom. The predicted molar refractivity (Wildman–Crippen MR) is 229 cm³/mol. The van der Waals surface area contributed by atoms with Crippen LogP contribution in [0.2, 0.25) is 0 Å². The van der Waals surface area contributed by atoms with E-state index in [4.69, 9.17) is 14.4 Å². The Labute approximate surface area is 318 Å². The topological polar surface area (TPSA) is 48.8 Å². The maximum atomic E-state index is 6.37. The van der Waals surface area contributed by atoms with Crippen molar-refractivity contribution in [3.8, 4) is 17.1 Å². The number of nitrogens with zero attached hydrogens (tertiary/aromatic N) is 4. The van der Waals surface area contributed by atoms with Crippen molar-refractivity contribution in [2.24, 2.45) is 7.05 Å². The molecular formula is C49H34N4OSi. The Morgan fingerprint density at radius 3 is 1.96 bits per heavy atom. The second-order valence-corrected chi connectivity index (χ2v) is 18.1. The lowest BCUT2D eigenvalue weighted by Crippen LogP contribution is -2.74. The summed E-state index contributed by atoms with van der Waals surface area (Å²) in [4.78, 5) is 10.1. The number of hydrogen-bond donors (Lipinski definition) is 0. The summed E-state index contributed by atoms with van der Waals surface area (Å²) in [7, 11) is -0.844. The van der Waals surface area contributed by atoms with Crippen LogP contribution in [0.15, 0.2) is 193 Å². The summed E-state index contributed by atoms with van der Waals surface area (Å²) in [5.41, 5.74) is 8.06. The largest absolute Gasteiger partial charge is 0.456 e. The quantitative estimate of drug-likeness (QED) is 0.127. The first-order chi connectivity index (χ1) is 27.2. The average Bonchev–Trinajstić information content (AvgIpc) is 3.90. The number of hydrogen-bond acceptors (Lipinski definition) is 3. The van der Waals surface area contributed by atoms with Crippen molar-refractivity contribution in [1.82, 2.24) is 19.1 Å². The molecule has 0 aliphatic heterocycles. The zero-order valence-corrected chi connectivity index (χ0v) is 31.1. The van der Waals surface area contributed by atoms with Gasteiger partial charge < -0.3 is 8.98 Å². The van der Waals surface area contributed by atoms with Gasteiger partial charge in [-0.3, -0.25) is 4.57 Å².